The molecule has 8 rings (SSSR count). The largest absolute Gasteiger partial charge is 0.449 e. The first-order valence-corrected chi connectivity index (χ1v) is 41.3. The highest BCUT2D eigenvalue weighted by atomic mass is 35.5. The van der Waals surface area contributed by atoms with E-state index in [1.54, 1.807) is 145 Å². The van der Waals surface area contributed by atoms with Crippen molar-refractivity contribution in [2.45, 2.75) is 251 Å². The molecule has 5 aliphatic heterocycles. The van der Waals surface area contributed by atoms with E-state index in [-0.39, 0.29) is 128 Å². The smallest absolute Gasteiger partial charge is 0.412 e. The van der Waals surface area contributed by atoms with E-state index in [2.05, 4.69) is 45.7 Å². The molecular weight excluding hydrogens is 1550 g/mol. The van der Waals surface area contributed by atoms with Gasteiger partial charge in [-0.15, -0.1) is 0 Å². The Labute approximate surface area is 709 Å². The molecule has 0 saturated carbocycles. The Morgan fingerprint density at radius 1 is 0.479 bits per heavy atom. The van der Waals surface area contributed by atoms with Gasteiger partial charge in [0.2, 0.25) is 17.7 Å². The molecule has 5 N–H and O–H groups in total. The molecule has 3 aromatic rings. The van der Waals surface area contributed by atoms with Crippen LogP contribution in [0.3, 0.4) is 0 Å². The fourth-order valence-corrected chi connectivity index (χ4v) is 12.5. The number of aldehydes is 1. The van der Waals surface area contributed by atoms with Gasteiger partial charge in [-0.2, -0.15) is 0 Å². The van der Waals surface area contributed by atoms with E-state index in [4.69, 9.17) is 45.1 Å². The summed E-state index contributed by atoms with van der Waals surface area (Å²) in [5, 5.41) is 20.6. The number of rotatable bonds is 26. The number of hydrogen-bond donors (Lipinski definition) is 5. The molecule has 0 aliphatic carbocycles. The number of Topliss-reactive ketones (excluding diaryl/α,β-unsaturated/α-hetero) is 3. The topological polar surface area (TPSA) is 351 Å². The van der Waals surface area contributed by atoms with Crippen molar-refractivity contribution in [3.8, 4) is 0 Å². The van der Waals surface area contributed by atoms with Gasteiger partial charge in [0.05, 0.1) is 44.5 Å². The third-order valence-electron chi connectivity index (χ3n) is 20.5. The van der Waals surface area contributed by atoms with E-state index in [1.807, 2.05) is 83.1 Å². The van der Waals surface area contributed by atoms with Gasteiger partial charge < -0.3 is 59.0 Å². The Bertz CT molecular complexity index is 3930. The number of ether oxygens (including phenoxy) is 7. The average molecular weight is 1680 g/mol. The van der Waals surface area contributed by atoms with Gasteiger partial charge in [0.1, 0.15) is 59.9 Å². The van der Waals surface area contributed by atoms with E-state index in [1.165, 1.54) is 9.80 Å². The molecule has 0 spiro atoms. The highest BCUT2D eigenvalue weighted by Crippen LogP contribution is 2.33. The third-order valence-corrected chi connectivity index (χ3v) is 20.6. The molecule has 0 aromatic heterocycles. The lowest BCUT2D eigenvalue weighted by Gasteiger charge is -2.33. The van der Waals surface area contributed by atoms with Crippen LogP contribution in [0.25, 0.3) is 0 Å². The van der Waals surface area contributed by atoms with Gasteiger partial charge >= 0.3 is 29.8 Å². The van der Waals surface area contributed by atoms with Gasteiger partial charge in [-0.25, -0.2) is 24.0 Å². The number of anilines is 3. The number of ketones is 3. The van der Waals surface area contributed by atoms with E-state index < -0.39 is 70.7 Å². The van der Waals surface area contributed by atoms with Crippen LogP contribution in [0.2, 0.25) is 0 Å². The zero-order valence-electron chi connectivity index (χ0n) is 73.9. The molecule has 2 unspecified atom stereocenters. The van der Waals surface area contributed by atoms with Crippen LogP contribution in [0.1, 0.15) is 201 Å². The first-order valence-electron chi connectivity index (χ1n) is 41.0. The second kappa shape index (κ2) is 47.6. The van der Waals surface area contributed by atoms with Crippen molar-refractivity contribution in [3.05, 3.63) is 126 Å². The van der Waals surface area contributed by atoms with Crippen molar-refractivity contribution in [1.29, 1.82) is 0 Å². The fourth-order valence-electron chi connectivity index (χ4n) is 12.5. The number of hydrogen-bond acceptors (Lipinski definition) is 21. The van der Waals surface area contributed by atoms with Crippen LogP contribution in [0.4, 0.5) is 41.0 Å². The molecule has 28 nitrogen and oxygen atoms in total. The normalized spacial score (nSPS) is 19.3. The molecule has 5 heterocycles. The highest BCUT2D eigenvalue weighted by Gasteiger charge is 2.46. The number of likely N-dealkylation sites (tertiary alicyclic amines) is 3. The monoisotopic (exact) mass is 1680 g/mol. The number of aliphatic hydroxyl groups excluding tert-OH is 1. The second-order valence-electron chi connectivity index (χ2n) is 35.3. The Hall–Kier alpha value is -9.35. The van der Waals surface area contributed by atoms with Crippen molar-refractivity contribution in [1.82, 2.24) is 24.9 Å². The summed E-state index contributed by atoms with van der Waals surface area (Å²) in [6.45, 7) is 54.7. The minimum Gasteiger partial charge on any atom is -0.449 e. The molecular formula is C90H133ClN8O20. The molecule has 5 saturated heterocycles. The summed E-state index contributed by atoms with van der Waals surface area (Å²) in [6.07, 6.45) is 0.776. The molecule has 0 radical (unpaired) electrons. The van der Waals surface area contributed by atoms with Crippen molar-refractivity contribution in [2.24, 2.45) is 53.3 Å². The Morgan fingerprint density at radius 2 is 0.824 bits per heavy atom. The summed E-state index contributed by atoms with van der Waals surface area (Å²) in [4.78, 5) is 151. The van der Waals surface area contributed by atoms with E-state index in [0.29, 0.717) is 75.2 Å². The third kappa shape index (κ3) is 35.5. The molecule has 5 fully saturated rings. The van der Waals surface area contributed by atoms with Crippen LogP contribution >= 0.6 is 11.6 Å². The van der Waals surface area contributed by atoms with Gasteiger partial charge in [0.25, 0.3) is 0 Å². The molecule has 119 heavy (non-hydrogen) atoms. The maximum atomic E-state index is 13.0. The summed E-state index contributed by atoms with van der Waals surface area (Å²) in [5.41, 5.74) is 4.46. The molecule has 3 aromatic carbocycles. The van der Waals surface area contributed by atoms with Gasteiger partial charge in [0.15, 0.2) is 6.23 Å². The lowest BCUT2D eigenvalue weighted by atomic mass is 9.88. The minimum absolute atomic E-state index is 0.00477. The van der Waals surface area contributed by atoms with Crippen LogP contribution in [0, 0.1) is 53.3 Å². The van der Waals surface area contributed by atoms with Crippen LogP contribution in [-0.2, 0) is 86.5 Å². The number of halogens is 1. The van der Waals surface area contributed by atoms with E-state index >= 15 is 0 Å². The predicted molar refractivity (Wildman–Crippen MR) is 457 cm³/mol. The first kappa shape index (κ1) is 102. The standard InChI is InChI=1S/C31H45N3O7.C18H24ClNO4.C17H25NO3.C13H22N2O3.C11H17NO3/c1-19(2)22(5)26(35)16-21(4)27(36)32-24-11-9-23(10-12-24)18-40-29(37)33-13-14-39-28(33)25-15-20(3)17-34(25)30(38)41-31(6,7)8;1-11(2)13(4)16(21)9-12(3)17(22)20-15-7-5-14(6-8-15)10-24-18(19)23;1-11(2)13(4)16(20)9-12(3)17(21)18-15-7-5-14(10-19)6-8-15;1-9-7-10(11-14-5-6-17-11)15(8-9)12(16)18-13(2,3)4;1-8-5-9(7-13)12(6-8)10(14)15-11(2,3)4/h9-12,19,21-22,25,28H,3,13-18H2,1-2,4-8H3,(H,32,36);5-8,11-13H,9-10H2,1-4H3,(H,20,22);5-8,11-13,19H,9-10H2,1-4H3,(H,18,21);10-11,14H,1,5-8H2,2-4H3;7,9H,1,5-6H2,2-4H3/t21-,22+,25+,28?;2*12-,13+;10-,11?;9-/m11100/s1. The van der Waals surface area contributed by atoms with Crippen molar-refractivity contribution in [3.63, 3.8) is 0 Å². The lowest BCUT2D eigenvalue weighted by molar-refractivity contribution is -0.128. The van der Waals surface area contributed by atoms with Crippen molar-refractivity contribution < 1.29 is 95.8 Å². The van der Waals surface area contributed by atoms with Crippen LogP contribution < -0.4 is 21.3 Å². The zero-order valence-corrected chi connectivity index (χ0v) is 74.7. The molecule has 7 amide bonds. The maximum Gasteiger partial charge on any atom is 0.412 e. The number of aliphatic hydroxyl groups is 1. The van der Waals surface area contributed by atoms with E-state index in [9.17, 15) is 57.5 Å². The zero-order chi connectivity index (χ0) is 89.7. The molecule has 0 bridgehead atoms. The summed E-state index contributed by atoms with van der Waals surface area (Å²) in [5.74, 6) is -0.813. The maximum absolute atomic E-state index is 13.0. The Morgan fingerprint density at radius 3 is 1.17 bits per heavy atom. The van der Waals surface area contributed by atoms with Crippen LogP contribution in [0.15, 0.2) is 109 Å². The second-order valence-corrected chi connectivity index (χ2v) is 35.6. The average Bonchev–Trinajstić information content (AvgIpc) is 1.64. The summed E-state index contributed by atoms with van der Waals surface area (Å²) >= 11 is 5.10. The van der Waals surface area contributed by atoms with Gasteiger partial charge in [0, 0.05) is 110 Å². The first-order chi connectivity index (χ1) is 55.4. The van der Waals surface area contributed by atoms with Gasteiger partial charge in [-0.05, 0) is 152 Å². The molecule has 660 valence electrons. The Balaban J connectivity index is 0.000000330. The van der Waals surface area contributed by atoms with Crippen molar-refractivity contribution >= 4 is 99.8 Å². The quantitative estimate of drug-likeness (QED) is 0.0216. The lowest BCUT2D eigenvalue weighted by Crippen LogP contribution is -2.51. The molecule has 11 atom stereocenters. The number of carbonyl (C=O) groups is 12. The number of benzene rings is 3. The summed E-state index contributed by atoms with van der Waals surface area (Å²) in [7, 11) is 0. The number of nitrogens with zero attached hydrogens (tertiary/aromatic N) is 4. The number of amides is 7. The molecule has 5 aliphatic rings. The van der Waals surface area contributed by atoms with Crippen LogP contribution in [-0.4, -0.2) is 189 Å². The van der Waals surface area contributed by atoms with Gasteiger partial charge in [-0.1, -0.05) is 156 Å². The SMILES string of the molecule is C=C1C[C@@H](C2NCCO2)N(C(=O)OC(C)(C)C)C1.C=C1C[C@@H](C2OCCN2C(=O)OCc2ccc(NC(=O)[C@H](C)CC(=O)[C@@H](C)C(C)C)cc2)N(C(=O)OC(C)(C)C)C1.C=C1C[C@@H](C=O)N(C(=O)OC(C)(C)C)C1.CC(C)[C@H](C)C(=O)C[C@@H](C)C(=O)Nc1ccc(CO)cc1.CC(C)[C@H](C)C(=O)C[C@@H](C)C(=O)Nc1ccc(COC(=O)Cl)cc1. The number of nitrogens with one attached hydrogen (secondary N) is 4. The molecule has 29 heteroatoms. The number of carbonyl (C=O) groups excluding carboxylic acids is 12. The van der Waals surface area contributed by atoms with E-state index in [0.717, 1.165) is 52.7 Å². The summed E-state index contributed by atoms with van der Waals surface area (Å²) in [6, 6.07) is 20.0. The highest BCUT2D eigenvalue weighted by molar-refractivity contribution is 6.61. The summed E-state index contributed by atoms with van der Waals surface area (Å²) < 4.78 is 37.9. The van der Waals surface area contributed by atoms with Gasteiger partial charge in [-0.3, -0.25) is 53.7 Å². The Kier molecular flexibility index (Phi) is 40.8. The van der Waals surface area contributed by atoms with Crippen molar-refractivity contribution in [2.75, 3.05) is 61.9 Å². The predicted octanol–water partition coefficient (Wildman–Crippen LogP) is 16.0. The minimum atomic E-state index is -0.860. The fraction of sp³-hybridized carbons (Fsp3) is 0.600. The van der Waals surface area contributed by atoms with Crippen LogP contribution in [0.5, 0.6) is 0 Å².